The van der Waals surface area contributed by atoms with Gasteiger partial charge in [-0.2, -0.15) is 0 Å². The SMILES string of the molecule is C=C(C)C(=O)OCC(C)OC(=O)/C=C/c1ccccc1. The summed E-state index contributed by atoms with van der Waals surface area (Å²) in [5, 5.41) is 0. The van der Waals surface area contributed by atoms with E-state index in [9.17, 15) is 9.59 Å². The number of benzene rings is 1. The summed E-state index contributed by atoms with van der Waals surface area (Å²) in [4.78, 5) is 22.7. The van der Waals surface area contributed by atoms with Crippen molar-refractivity contribution < 1.29 is 19.1 Å². The van der Waals surface area contributed by atoms with Gasteiger partial charge in [0.15, 0.2) is 0 Å². The molecule has 0 fully saturated rings. The van der Waals surface area contributed by atoms with Gasteiger partial charge in [0.25, 0.3) is 0 Å². The van der Waals surface area contributed by atoms with Gasteiger partial charge in [-0.3, -0.25) is 0 Å². The van der Waals surface area contributed by atoms with Gasteiger partial charge in [-0.05, 0) is 25.5 Å². The Bertz CT molecular complexity index is 502. The normalized spacial score (nSPS) is 11.9. The molecule has 0 saturated carbocycles. The number of ether oxygens (including phenoxy) is 2. The average molecular weight is 274 g/mol. The first-order valence-corrected chi connectivity index (χ1v) is 6.25. The standard InChI is InChI=1S/C16H18O4/c1-12(2)16(18)19-11-13(3)20-15(17)10-9-14-7-5-4-6-8-14/h4-10,13H,1,11H2,2-3H3/b10-9+. The van der Waals surface area contributed by atoms with Crippen molar-refractivity contribution in [2.24, 2.45) is 0 Å². The van der Waals surface area contributed by atoms with Crippen LogP contribution in [0.15, 0.2) is 48.6 Å². The maximum absolute atomic E-state index is 11.5. The molecule has 4 heteroatoms. The fraction of sp³-hybridized carbons (Fsp3) is 0.250. The van der Waals surface area contributed by atoms with Gasteiger partial charge < -0.3 is 9.47 Å². The topological polar surface area (TPSA) is 52.6 Å². The fourth-order valence-corrected chi connectivity index (χ4v) is 1.32. The summed E-state index contributed by atoms with van der Waals surface area (Å²) >= 11 is 0. The molecule has 1 unspecified atom stereocenters. The largest absolute Gasteiger partial charge is 0.458 e. The van der Waals surface area contributed by atoms with E-state index in [0.29, 0.717) is 5.57 Å². The number of hydrogen-bond donors (Lipinski definition) is 0. The molecule has 0 spiro atoms. The van der Waals surface area contributed by atoms with Crippen molar-refractivity contribution in [2.75, 3.05) is 6.61 Å². The number of esters is 2. The van der Waals surface area contributed by atoms with Gasteiger partial charge >= 0.3 is 11.9 Å². The molecule has 1 atom stereocenters. The first-order valence-electron chi connectivity index (χ1n) is 6.25. The molecule has 0 aliphatic heterocycles. The van der Waals surface area contributed by atoms with Crippen molar-refractivity contribution in [1.82, 2.24) is 0 Å². The van der Waals surface area contributed by atoms with E-state index in [2.05, 4.69) is 6.58 Å². The van der Waals surface area contributed by atoms with Gasteiger partial charge in [-0.25, -0.2) is 9.59 Å². The molecule has 1 aromatic carbocycles. The minimum Gasteiger partial charge on any atom is -0.458 e. The second-order valence-electron chi connectivity index (χ2n) is 4.37. The first kappa shape index (κ1) is 15.7. The highest BCUT2D eigenvalue weighted by Gasteiger charge is 2.10. The minimum absolute atomic E-state index is 0.0105. The maximum Gasteiger partial charge on any atom is 0.333 e. The molecule has 0 saturated heterocycles. The summed E-state index contributed by atoms with van der Waals surface area (Å²) in [6.07, 6.45) is 2.49. The fourth-order valence-electron chi connectivity index (χ4n) is 1.32. The van der Waals surface area contributed by atoms with Crippen molar-refractivity contribution in [3.8, 4) is 0 Å². The Labute approximate surface area is 118 Å². The highest BCUT2D eigenvalue weighted by Crippen LogP contribution is 2.03. The molecule has 0 heterocycles. The third-order valence-electron chi connectivity index (χ3n) is 2.33. The van der Waals surface area contributed by atoms with Crippen LogP contribution < -0.4 is 0 Å². The zero-order valence-electron chi connectivity index (χ0n) is 11.7. The zero-order valence-corrected chi connectivity index (χ0v) is 11.7. The molecule has 0 aliphatic carbocycles. The lowest BCUT2D eigenvalue weighted by molar-refractivity contribution is -0.152. The zero-order chi connectivity index (χ0) is 15.0. The Morgan fingerprint density at radius 2 is 1.95 bits per heavy atom. The first-order chi connectivity index (χ1) is 9.49. The molecular weight excluding hydrogens is 256 g/mol. The van der Waals surface area contributed by atoms with Gasteiger partial charge in [-0.1, -0.05) is 36.9 Å². The van der Waals surface area contributed by atoms with Crippen molar-refractivity contribution in [3.63, 3.8) is 0 Å². The van der Waals surface area contributed by atoms with Crippen LogP contribution in [0.25, 0.3) is 6.08 Å². The van der Waals surface area contributed by atoms with Gasteiger partial charge in [0.05, 0.1) is 0 Å². The van der Waals surface area contributed by atoms with E-state index in [-0.39, 0.29) is 6.61 Å². The lowest BCUT2D eigenvalue weighted by Crippen LogP contribution is -2.21. The van der Waals surface area contributed by atoms with Crippen LogP contribution in [0.5, 0.6) is 0 Å². The summed E-state index contributed by atoms with van der Waals surface area (Å²) in [5.74, 6) is -0.972. The molecule has 0 radical (unpaired) electrons. The second-order valence-corrected chi connectivity index (χ2v) is 4.37. The maximum atomic E-state index is 11.5. The van der Waals surface area contributed by atoms with E-state index in [0.717, 1.165) is 5.56 Å². The summed E-state index contributed by atoms with van der Waals surface area (Å²) in [6, 6.07) is 9.41. The van der Waals surface area contributed by atoms with Gasteiger partial charge in [-0.15, -0.1) is 0 Å². The molecule has 0 amide bonds. The number of rotatable bonds is 6. The van der Waals surface area contributed by atoms with E-state index in [4.69, 9.17) is 9.47 Å². The molecule has 1 aromatic rings. The van der Waals surface area contributed by atoms with Crippen LogP contribution >= 0.6 is 0 Å². The van der Waals surface area contributed by atoms with Crippen LogP contribution in [0, 0.1) is 0 Å². The van der Waals surface area contributed by atoms with E-state index < -0.39 is 18.0 Å². The van der Waals surface area contributed by atoms with Crippen LogP contribution in [0.1, 0.15) is 19.4 Å². The highest BCUT2D eigenvalue weighted by molar-refractivity contribution is 5.87. The molecule has 0 N–H and O–H groups in total. The number of carbonyl (C=O) groups is 2. The smallest absolute Gasteiger partial charge is 0.333 e. The van der Waals surface area contributed by atoms with Crippen LogP contribution in [0.4, 0.5) is 0 Å². The van der Waals surface area contributed by atoms with Gasteiger partial charge in [0, 0.05) is 11.6 Å². The number of carbonyl (C=O) groups excluding carboxylic acids is 2. The monoisotopic (exact) mass is 274 g/mol. The van der Waals surface area contributed by atoms with Gasteiger partial charge in [0.1, 0.15) is 12.7 Å². The molecular formula is C16H18O4. The third kappa shape index (κ3) is 6.00. The van der Waals surface area contributed by atoms with Crippen LogP contribution in [-0.2, 0) is 19.1 Å². The van der Waals surface area contributed by atoms with Crippen molar-refractivity contribution >= 4 is 18.0 Å². The Morgan fingerprint density at radius 1 is 1.30 bits per heavy atom. The quantitative estimate of drug-likeness (QED) is 0.591. The Balaban J connectivity index is 2.37. The molecule has 4 nitrogen and oxygen atoms in total. The molecule has 106 valence electrons. The molecule has 0 aliphatic rings. The van der Waals surface area contributed by atoms with Crippen LogP contribution in [0.3, 0.4) is 0 Å². The Kier molecular flexibility index (Phi) is 6.23. The lowest BCUT2D eigenvalue weighted by atomic mass is 10.2. The molecule has 0 bridgehead atoms. The predicted octanol–water partition coefficient (Wildman–Crippen LogP) is 2.75. The summed E-state index contributed by atoms with van der Waals surface area (Å²) in [5.41, 5.74) is 1.22. The number of hydrogen-bond acceptors (Lipinski definition) is 4. The Morgan fingerprint density at radius 3 is 2.55 bits per heavy atom. The molecule has 1 rings (SSSR count). The van der Waals surface area contributed by atoms with Crippen molar-refractivity contribution in [3.05, 3.63) is 54.1 Å². The lowest BCUT2D eigenvalue weighted by Gasteiger charge is -2.12. The van der Waals surface area contributed by atoms with E-state index in [1.54, 1.807) is 19.9 Å². The summed E-state index contributed by atoms with van der Waals surface area (Å²) < 4.78 is 9.96. The second kappa shape index (κ2) is 7.94. The van der Waals surface area contributed by atoms with Crippen LogP contribution in [-0.4, -0.2) is 24.6 Å². The molecule has 0 aromatic heterocycles. The van der Waals surface area contributed by atoms with Crippen molar-refractivity contribution in [1.29, 1.82) is 0 Å². The molecule has 20 heavy (non-hydrogen) atoms. The van der Waals surface area contributed by atoms with Crippen LogP contribution in [0.2, 0.25) is 0 Å². The third-order valence-corrected chi connectivity index (χ3v) is 2.33. The minimum atomic E-state index is -0.508. The van der Waals surface area contributed by atoms with E-state index in [1.807, 2.05) is 30.3 Å². The van der Waals surface area contributed by atoms with E-state index in [1.165, 1.54) is 6.08 Å². The predicted molar refractivity (Wildman–Crippen MR) is 76.8 cm³/mol. The highest BCUT2D eigenvalue weighted by atomic mass is 16.6. The summed E-state index contributed by atoms with van der Waals surface area (Å²) in [7, 11) is 0. The van der Waals surface area contributed by atoms with Gasteiger partial charge in [0.2, 0.25) is 0 Å². The van der Waals surface area contributed by atoms with Crippen molar-refractivity contribution in [2.45, 2.75) is 20.0 Å². The Hall–Kier alpha value is -2.36. The average Bonchev–Trinajstić information content (AvgIpc) is 2.43. The van der Waals surface area contributed by atoms with E-state index >= 15 is 0 Å². The summed E-state index contributed by atoms with van der Waals surface area (Å²) in [6.45, 7) is 6.68.